The van der Waals surface area contributed by atoms with Crippen LogP contribution >= 0.6 is 7.82 Å². The highest BCUT2D eigenvalue weighted by Crippen LogP contribution is 2.48. The summed E-state index contributed by atoms with van der Waals surface area (Å²) in [6.45, 7) is -0.311. The van der Waals surface area contributed by atoms with E-state index >= 15 is 0 Å². The number of phosphoric acid groups is 1. The average Bonchev–Trinajstić information content (AvgIpc) is 3.12. The Hall–Kier alpha value is -3.43. The molecule has 2 rings (SSSR count). The quantitative estimate of drug-likeness (QED) is 0.214. The van der Waals surface area contributed by atoms with Crippen LogP contribution < -0.4 is 11.0 Å². The maximum atomic E-state index is 12.6. The highest BCUT2D eigenvalue weighted by atomic mass is 31.2. The van der Waals surface area contributed by atoms with Gasteiger partial charge in [0.25, 0.3) is 0 Å². The number of nitrogens with zero attached hydrogens (tertiary/aromatic N) is 2. The SMILES string of the molecule is C#CCOC(=O)Nc1ccn([C@@H]2O[C@H](CO)C(OP(=O)(O)OCC)C2OC(=O)OCC#C)c(=O)n1. The van der Waals surface area contributed by atoms with Gasteiger partial charge in [0.1, 0.15) is 18.0 Å². The van der Waals surface area contributed by atoms with Crippen molar-refractivity contribution in [3.8, 4) is 24.7 Å². The zero-order valence-electron chi connectivity index (χ0n) is 18.3. The Bertz CT molecular complexity index is 1090. The van der Waals surface area contributed by atoms with E-state index in [-0.39, 0.29) is 19.0 Å². The summed E-state index contributed by atoms with van der Waals surface area (Å²) < 4.78 is 42.7. The van der Waals surface area contributed by atoms with Crippen molar-refractivity contribution in [3.63, 3.8) is 0 Å². The Morgan fingerprint density at radius 1 is 1.29 bits per heavy atom. The number of phosphoric ester groups is 1. The lowest BCUT2D eigenvalue weighted by atomic mass is 10.1. The van der Waals surface area contributed by atoms with Gasteiger partial charge in [0.2, 0.25) is 0 Å². The fourth-order valence-electron chi connectivity index (χ4n) is 2.85. The minimum atomic E-state index is -4.69. The largest absolute Gasteiger partial charge is 0.509 e. The molecule has 0 saturated carbocycles. The Morgan fingerprint density at radius 3 is 2.57 bits per heavy atom. The molecule has 35 heavy (non-hydrogen) atoms. The molecule has 0 aromatic carbocycles. The van der Waals surface area contributed by atoms with E-state index in [2.05, 4.69) is 30.2 Å². The third-order valence-electron chi connectivity index (χ3n) is 4.14. The first-order valence-electron chi connectivity index (χ1n) is 9.81. The van der Waals surface area contributed by atoms with Crippen LogP contribution in [0.5, 0.6) is 0 Å². The van der Waals surface area contributed by atoms with Crippen LogP contribution in [-0.2, 0) is 32.6 Å². The zero-order chi connectivity index (χ0) is 26.0. The minimum Gasteiger partial charge on any atom is -0.436 e. The fraction of sp³-hybridized carbons (Fsp3) is 0.474. The number of aromatic nitrogens is 2. The van der Waals surface area contributed by atoms with Crippen molar-refractivity contribution in [3.05, 3.63) is 22.7 Å². The van der Waals surface area contributed by atoms with Gasteiger partial charge in [0, 0.05) is 6.20 Å². The number of hydrogen-bond acceptors (Lipinski definition) is 12. The summed E-state index contributed by atoms with van der Waals surface area (Å²) in [5, 5.41) is 11.9. The maximum absolute atomic E-state index is 12.6. The number of carbonyl (C=O) groups excluding carboxylic acids is 2. The molecule has 15 nitrogen and oxygen atoms in total. The van der Waals surface area contributed by atoms with E-state index in [0.717, 1.165) is 10.8 Å². The standard InChI is InChI=1S/C19H22N3O12P/c1-4-9-29-18(25)21-13-7-8-22(17(24)20-13)16-15(33-19(26)30-10-5-2)14(12(11-23)32-16)34-35(27,28)31-6-3/h1-2,7-8,12,14-16,23H,6,9-11H2,3H3,(H,27,28)(H,20,21,24,25)/t12-,14?,15?,16-/m1/s1. The summed E-state index contributed by atoms with van der Waals surface area (Å²) in [6, 6.07) is 1.18. The monoisotopic (exact) mass is 515 g/mol. The van der Waals surface area contributed by atoms with Gasteiger partial charge in [-0.05, 0) is 13.0 Å². The van der Waals surface area contributed by atoms with Gasteiger partial charge in [-0.25, -0.2) is 18.9 Å². The summed E-state index contributed by atoms with van der Waals surface area (Å²) in [4.78, 5) is 49.8. The smallest absolute Gasteiger partial charge is 0.436 e. The van der Waals surface area contributed by atoms with Crippen molar-refractivity contribution in [2.75, 3.05) is 31.7 Å². The number of ether oxygens (including phenoxy) is 4. The normalized spacial score (nSPS) is 22.8. The molecule has 16 heteroatoms. The summed E-state index contributed by atoms with van der Waals surface area (Å²) in [5.74, 6) is 3.92. The van der Waals surface area contributed by atoms with Gasteiger partial charge in [0.15, 0.2) is 25.5 Å². The first-order valence-corrected chi connectivity index (χ1v) is 11.3. The molecule has 1 fully saturated rings. The van der Waals surface area contributed by atoms with Gasteiger partial charge in [-0.1, -0.05) is 11.8 Å². The molecular weight excluding hydrogens is 493 g/mol. The number of hydrogen-bond donors (Lipinski definition) is 3. The van der Waals surface area contributed by atoms with E-state index < -0.39 is 63.5 Å². The lowest BCUT2D eigenvalue weighted by Crippen LogP contribution is -2.41. The van der Waals surface area contributed by atoms with Crippen LogP contribution in [0.2, 0.25) is 0 Å². The second-order valence-corrected chi connectivity index (χ2v) is 7.84. The van der Waals surface area contributed by atoms with Gasteiger partial charge in [-0.2, -0.15) is 4.98 Å². The van der Waals surface area contributed by atoms with E-state index in [1.807, 2.05) is 5.92 Å². The van der Waals surface area contributed by atoms with E-state index in [1.165, 1.54) is 13.0 Å². The van der Waals surface area contributed by atoms with Gasteiger partial charge in [-0.15, -0.1) is 12.8 Å². The number of amides is 1. The van der Waals surface area contributed by atoms with Gasteiger partial charge < -0.3 is 28.9 Å². The molecule has 0 radical (unpaired) electrons. The summed E-state index contributed by atoms with van der Waals surface area (Å²) in [7, 11) is -4.69. The van der Waals surface area contributed by atoms with E-state index in [9.17, 15) is 28.9 Å². The summed E-state index contributed by atoms with van der Waals surface area (Å²) in [5.41, 5.74) is -1.01. The molecule has 1 aliphatic heterocycles. The molecular formula is C19H22N3O12P. The van der Waals surface area contributed by atoms with Crippen LogP contribution in [0.1, 0.15) is 13.2 Å². The molecule has 1 aromatic heterocycles. The molecule has 5 atom stereocenters. The first-order chi connectivity index (χ1) is 16.6. The molecule has 1 amide bonds. The number of aliphatic hydroxyl groups is 1. The molecule has 1 aromatic rings. The van der Waals surface area contributed by atoms with Crippen LogP contribution in [0.3, 0.4) is 0 Å². The lowest BCUT2D eigenvalue weighted by molar-refractivity contribution is -0.0653. The predicted molar refractivity (Wildman–Crippen MR) is 115 cm³/mol. The number of terminal acetylenes is 2. The molecule has 1 saturated heterocycles. The topological polar surface area (TPSA) is 194 Å². The van der Waals surface area contributed by atoms with Gasteiger partial charge >= 0.3 is 25.8 Å². The maximum Gasteiger partial charge on any atom is 0.509 e. The molecule has 0 aliphatic carbocycles. The Labute approximate surface area is 198 Å². The molecule has 1 aliphatic rings. The van der Waals surface area contributed by atoms with E-state index in [0.29, 0.717) is 0 Å². The Morgan fingerprint density at radius 2 is 1.97 bits per heavy atom. The van der Waals surface area contributed by atoms with Crippen LogP contribution in [0, 0.1) is 24.7 Å². The molecule has 2 heterocycles. The second-order valence-electron chi connectivity index (χ2n) is 6.44. The fourth-order valence-corrected chi connectivity index (χ4v) is 3.80. The number of carbonyl (C=O) groups is 2. The summed E-state index contributed by atoms with van der Waals surface area (Å²) in [6.07, 6.45) is 2.78. The van der Waals surface area contributed by atoms with Crippen LogP contribution in [0.15, 0.2) is 17.1 Å². The highest BCUT2D eigenvalue weighted by Gasteiger charge is 2.52. The number of anilines is 1. The first kappa shape index (κ1) is 27.8. The minimum absolute atomic E-state index is 0.202. The van der Waals surface area contributed by atoms with Crippen LogP contribution in [-0.4, -0.2) is 76.5 Å². The van der Waals surface area contributed by atoms with Crippen molar-refractivity contribution < 1.29 is 52.1 Å². The highest BCUT2D eigenvalue weighted by molar-refractivity contribution is 7.47. The summed E-state index contributed by atoms with van der Waals surface area (Å²) >= 11 is 0. The van der Waals surface area contributed by atoms with Crippen molar-refractivity contribution >= 4 is 25.9 Å². The van der Waals surface area contributed by atoms with Crippen LogP contribution in [0.25, 0.3) is 0 Å². The number of aliphatic hydroxyl groups excluding tert-OH is 1. The molecule has 0 spiro atoms. The number of rotatable bonds is 10. The molecule has 190 valence electrons. The Balaban J connectivity index is 2.36. The third-order valence-corrected chi connectivity index (χ3v) is 5.23. The van der Waals surface area contributed by atoms with Gasteiger partial charge in [-0.3, -0.25) is 18.9 Å². The number of nitrogens with one attached hydrogen (secondary N) is 1. The lowest BCUT2D eigenvalue weighted by Gasteiger charge is -2.25. The molecule has 3 N–H and O–H groups in total. The van der Waals surface area contributed by atoms with Crippen molar-refractivity contribution in [1.29, 1.82) is 0 Å². The van der Waals surface area contributed by atoms with Gasteiger partial charge in [0.05, 0.1) is 13.2 Å². The zero-order valence-corrected chi connectivity index (χ0v) is 19.2. The third kappa shape index (κ3) is 7.80. The van der Waals surface area contributed by atoms with Crippen molar-refractivity contribution in [2.45, 2.75) is 31.5 Å². The average molecular weight is 515 g/mol. The van der Waals surface area contributed by atoms with Crippen LogP contribution in [0.4, 0.5) is 15.4 Å². The molecule has 0 bridgehead atoms. The van der Waals surface area contributed by atoms with E-state index in [1.54, 1.807) is 0 Å². The molecule has 3 unspecified atom stereocenters. The van der Waals surface area contributed by atoms with Crippen molar-refractivity contribution in [2.24, 2.45) is 0 Å². The van der Waals surface area contributed by atoms with Crippen molar-refractivity contribution in [1.82, 2.24) is 9.55 Å². The Kier molecular flexibility index (Phi) is 10.2. The second kappa shape index (κ2) is 12.9. The predicted octanol–water partition coefficient (Wildman–Crippen LogP) is -0.00820. The van der Waals surface area contributed by atoms with E-state index in [4.69, 9.17) is 26.8 Å².